The molecule has 1 unspecified atom stereocenters. The smallest absolute Gasteiger partial charge is 0.218 e. The molecular weight excluding hydrogens is 216 g/mol. The highest BCUT2D eigenvalue weighted by molar-refractivity contribution is 6.52. The molecule has 56 valence electrons. The van der Waals surface area contributed by atoms with Crippen LogP contribution in [0, 0.1) is 0 Å². The van der Waals surface area contributed by atoms with E-state index in [0.717, 1.165) is 0 Å². The molecule has 1 atom stereocenters. The van der Waals surface area contributed by atoms with Gasteiger partial charge in [-0.25, -0.2) is 8.78 Å². The summed E-state index contributed by atoms with van der Waals surface area (Å²) >= 11 is 18.9. The highest BCUT2D eigenvalue weighted by atomic mass is 35.5. The Balaban J connectivity index is 4.14. The zero-order valence-corrected chi connectivity index (χ0v) is 7.00. The van der Waals surface area contributed by atoms with Gasteiger partial charge < -0.3 is 0 Å². The Kier molecular flexibility index (Phi) is 3.29. The fourth-order valence-electron chi connectivity index (χ4n) is 0.0758. The van der Waals surface area contributed by atoms with Crippen molar-refractivity contribution in [2.24, 2.45) is 0 Å². The highest BCUT2D eigenvalue weighted by Crippen LogP contribution is 2.42. The second kappa shape index (κ2) is 2.95. The van der Waals surface area contributed by atoms with Crippen LogP contribution < -0.4 is 0 Å². The maximum atomic E-state index is 12.3. The number of halogens is 6. The number of hydrogen-bond donors (Lipinski definition) is 0. The Morgan fingerprint density at radius 3 is 1.44 bits per heavy atom. The van der Waals surface area contributed by atoms with E-state index in [1.807, 2.05) is 0 Å². The summed E-state index contributed by atoms with van der Waals surface area (Å²) in [7, 11) is 0. The number of rotatable bonds is 2. The number of hydrogen-bond acceptors (Lipinski definition) is 0. The first-order valence-corrected chi connectivity index (χ1v) is 3.48. The largest absolute Gasteiger partial charge is 0.306 e. The summed E-state index contributed by atoms with van der Waals surface area (Å²) in [6.45, 7) is 0. The molecule has 0 amide bonds. The van der Waals surface area contributed by atoms with Crippen molar-refractivity contribution in [1.82, 2.24) is 0 Å². The van der Waals surface area contributed by atoms with E-state index >= 15 is 0 Å². The van der Waals surface area contributed by atoms with Crippen molar-refractivity contribution in [1.29, 1.82) is 0 Å². The lowest BCUT2D eigenvalue weighted by Crippen LogP contribution is -2.34. The average Bonchev–Trinajstić information content (AvgIpc) is 1.64. The molecule has 0 aromatic heterocycles. The molecule has 0 aliphatic rings. The predicted molar refractivity (Wildman–Crippen MR) is 36.0 cm³/mol. The standard InChI is InChI=1S/C3H2Cl4F2/c4-1-2(5,8)3(6,7)9/h1H2. The van der Waals surface area contributed by atoms with Gasteiger partial charge in [0.05, 0.1) is 5.88 Å². The summed E-state index contributed by atoms with van der Waals surface area (Å²) in [5, 5.41) is -2.92. The van der Waals surface area contributed by atoms with Gasteiger partial charge in [0.1, 0.15) is 0 Å². The first kappa shape index (κ1) is 10.0. The maximum absolute atomic E-state index is 12.3. The Morgan fingerprint density at radius 2 is 1.44 bits per heavy atom. The van der Waals surface area contributed by atoms with Crippen LogP contribution in [0.1, 0.15) is 0 Å². The first-order chi connectivity index (χ1) is 3.81. The minimum Gasteiger partial charge on any atom is -0.218 e. The van der Waals surface area contributed by atoms with Gasteiger partial charge >= 0.3 is 4.59 Å². The lowest BCUT2D eigenvalue weighted by molar-refractivity contribution is 0.178. The van der Waals surface area contributed by atoms with Crippen LogP contribution in [0.3, 0.4) is 0 Å². The summed E-state index contributed by atoms with van der Waals surface area (Å²) in [5.74, 6) is -0.807. The Hall–Kier alpha value is 1.02. The molecule has 0 nitrogen and oxygen atoms in total. The minimum absolute atomic E-state index is 0.807. The molecule has 0 aromatic carbocycles. The molecule has 6 heteroatoms. The summed E-state index contributed by atoms with van der Waals surface area (Å²) < 4.78 is 21.3. The molecule has 0 aromatic rings. The van der Waals surface area contributed by atoms with E-state index in [4.69, 9.17) is 23.2 Å². The van der Waals surface area contributed by atoms with E-state index in [1.54, 1.807) is 0 Å². The lowest BCUT2D eigenvalue weighted by Gasteiger charge is -2.20. The topological polar surface area (TPSA) is 0 Å². The van der Waals surface area contributed by atoms with E-state index in [-0.39, 0.29) is 0 Å². The quantitative estimate of drug-likeness (QED) is 0.624. The van der Waals surface area contributed by atoms with Crippen molar-refractivity contribution < 1.29 is 8.78 Å². The van der Waals surface area contributed by atoms with Crippen molar-refractivity contribution in [2.45, 2.75) is 9.72 Å². The zero-order chi connectivity index (χ0) is 7.71. The van der Waals surface area contributed by atoms with Crippen LogP contribution in [-0.4, -0.2) is 15.6 Å². The van der Waals surface area contributed by atoms with E-state index in [9.17, 15) is 8.78 Å². The molecule has 0 aliphatic carbocycles. The summed E-state index contributed by atoms with van der Waals surface area (Å²) in [6, 6.07) is 0. The van der Waals surface area contributed by atoms with Crippen LogP contribution in [0.5, 0.6) is 0 Å². The zero-order valence-electron chi connectivity index (χ0n) is 3.97. The van der Waals surface area contributed by atoms with E-state index < -0.39 is 15.6 Å². The fourth-order valence-corrected chi connectivity index (χ4v) is 0.530. The van der Waals surface area contributed by atoms with Gasteiger partial charge in [0, 0.05) is 0 Å². The maximum Gasteiger partial charge on any atom is 0.306 e. The molecular formula is C3H2Cl4F2. The third-order valence-electron chi connectivity index (χ3n) is 0.583. The van der Waals surface area contributed by atoms with Crippen molar-refractivity contribution in [2.75, 3.05) is 5.88 Å². The normalized spacial score (nSPS) is 19.3. The number of alkyl halides is 6. The summed E-state index contributed by atoms with van der Waals surface area (Å²) in [4.78, 5) is 0. The molecule has 0 saturated carbocycles. The van der Waals surface area contributed by atoms with Crippen LogP contribution in [0.4, 0.5) is 8.78 Å². The third-order valence-corrected chi connectivity index (χ3v) is 2.27. The highest BCUT2D eigenvalue weighted by Gasteiger charge is 2.49. The van der Waals surface area contributed by atoms with Crippen molar-refractivity contribution >= 4 is 46.4 Å². The Morgan fingerprint density at radius 1 is 1.11 bits per heavy atom. The monoisotopic (exact) mass is 216 g/mol. The van der Waals surface area contributed by atoms with Crippen molar-refractivity contribution in [3.05, 3.63) is 0 Å². The predicted octanol–water partition coefficient (Wildman–Crippen LogP) is 3.23. The first-order valence-electron chi connectivity index (χ1n) is 1.82. The van der Waals surface area contributed by atoms with E-state index in [0.29, 0.717) is 0 Å². The van der Waals surface area contributed by atoms with Crippen LogP contribution in [0.15, 0.2) is 0 Å². The Labute approximate surface area is 71.0 Å². The van der Waals surface area contributed by atoms with Crippen LogP contribution in [0.2, 0.25) is 0 Å². The van der Waals surface area contributed by atoms with Gasteiger partial charge in [-0.1, -0.05) is 34.8 Å². The molecule has 0 N–H and O–H groups in total. The lowest BCUT2D eigenvalue weighted by atomic mass is 10.5. The van der Waals surface area contributed by atoms with Crippen LogP contribution in [0.25, 0.3) is 0 Å². The average molecular weight is 218 g/mol. The molecule has 0 spiro atoms. The van der Waals surface area contributed by atoms with Crippen LogP contribution >= 0.6 is 46.4 Å². The Bertz CT molecular complexity index is 96.5. The van der Waals surface area contributed by atoms with Crippen LogP contribution in [-0.2, 0) is 0 Å². The summed E-state index contributed by atoms with van der Waals surface area (Å²) in [6.07, 6.45) is 0. The molecule has 9 heavy (non-hydrogen) atoms. The van der Waals surface area contributed by atoms with Gasteiger partial charge in [0.15, 0.2) is 0 Å². The SMILES string of the molecule is FC(Cl)(Cl)C(F)(Cl)CCl. The molecule has 0 fully saturated rings. The molecule has 0 radical (unpaired) electrons. The van der Waals surface area contributed by atoms with Gasteiger partial charge in [0.2, 0.25) is 0 Å². The molecule has 0 heterocycles. The molecule has 0 rings (SSSR count). The van der Waals surface area contributed by atoms with Crippen molar-refractivity contribution in [3.63, 3.8) is 0 Å². The van der Waals surface area contributed by atoms with E-state index in [1.165, 1.54) is 0 Å². The van der Waals surface area contributed by atoms with Crippen molar-refractivity contribution in [3.8, 4) is 0 Å². The third kappa shape index (κ3) is 2.62. The second-order valence-corrected chi connectivity index (χ2v) is 3.44. The van der Waals surface area contributed by atoms with Gasteiger partial charge in [-0.3, -0.25) is 0 Å². The molecule has 0 aliphatic heterocycles. The van der Waals surface area contributed by atoms with Gasteiger partial charge in [-0.15, -0.1) is 11.6 Å². The summed E-state index contributed by atoms with van der Waals surface area (Å²) in [5.41, 5.74) is 0. The molecule has 0 saturated heterocycles. The fraction of sp³-hybridized carbons (Fsp3) is 1.00. The van der Waals surface area contributed by atoms with Gasteiger partial charge in [-0.2, -0.15) is 0 Å². The minimum atomic E-state index is -3.14. The second-order valence-electron chi connectivity index (χ2n) is 1.34. The van der Waals surface area contributed by atoms with Gasteiger partial charge in [-0.05, 0) is 0 Å². The van der Waals surface area contributed by atoms with Gasteiger partial charge in [0.25, 0.3) is 5.13 Å². The van der Waals surface area contributed by atoms with E-state index in [2.05, 4.69) is 23.2 Å². The molecule has 0 bridgehead atoms.